The number of nitrogen functional groups attached to an aromatic ring is 1. The van der Waals surface area contributed by atoms with Crippen LogP contribution >= 0.6 is 0 Å². The first-order chi connectivity index (χ1) is 8.78. The topological polar surface area (TPSA) is 66.2 Å². The van der Waals surface area contributed by atoms with E-state index >= 15 is 0 Å². The van der Waals surface area contributed by atoms with Crippen LogP contribution < -0.4 is 10.5 Å². The van der Waals surface area contributed by atoms with Gasteiger partial charge in [-0.1, -0.05) is 0 Å². The molecule has 2 N–H and O–H groups in total. The van der Waals surface area contributed by atoms with Crippen molar-refractivity contribution < 1.29 is 9.15 Å². The Morgan fingerprint density at radius 3 is 3.00 bits per heavy atom. The lowest BCUT2D eigenvalue weighted by atomic mass is 10.3. The third-order valence-corrected chi connectivity index (χ3v) is 2.91. The SMILES string of the molecule is COc1ccc2c(c1)nc(N)n2Cc1ccoc1. The fraction of sp³-hybridized carbons (Fsp3) is 0.154. The molecule has 0 saturated heterocycles. The van der Waals surface area contributed by atoms with E-state index in [1.807, 2.05) is 28.8 Å². The van der Waals surface area contributed by atoms with Gasteiger partial charge in [0.25, 0.3) is 0 Å². The Balaban J connectivity index is 2.08. The number of anilines is 1. The molecule has 3 rings (SSSR count). The summed E-state index contributed by atoms with van der Waals surface area (Å²) in [4.78, 5) is 4.33. The van der Waals surface area contributed by atoms with Crippen LogP contribution in [0, 0.1) is 0 Å². The van der Waals surface area contributed by atoms with Gasteiger partial charge in [0.1, 0.15) is 5.75 Å². The monoisotopic (exact) mass is 243 g/mol. The van der Waals surface area contributed by atoms with Gasteiger partial charge in [0.05, 0.1) is 37.2 Å². The van der Waals surface area contributed by atoms with Crippen molar-refractivity contribution >= 4 is 17.0 Å². The first-order valence-electron chi connectivity index (χ1n) is 5.59. The second kappa shape index (κ2) is 4.10. The van der Waals surface area contributed by atoms with Crippen LogP contribution in [0.3, 0.4) is 0 Å². The molecule has 0 saturated carbocycles. The van der Waals surface area contributed by atoms with Gasteiger partial charge in [-0.15, -0.1) is 0 Å². The van der Waals surface area contributed by atoms with Crippen LogP contribution in [0.4, 0.5) is 5.95 Å². The van der Waals surface area contributed by atoms with Crippen molar-refractivity contribution in [2.24, 2.45) is 0 Å². The van der Waals surface area contributed by atoms with Crippen molar-refractivity contribution in [1.29, 1.82) is 0 Å². The molecule has 0 aliphatic rings. The molecule has 0 aliphatic heterocycles. The van der Waals surface area contributed by atoms with Gasteiger partial charge in [-0.3, -0.25) is 0 Å². The van der Waals surface area contributed by atoms with E-state index in [1.165, 1.54) is 0 Å². The normalized spacial score (nSPS) is 10.9. The van der Waals surface area contributed by atoms with Crippen LogP contribution in [0.2, 0.25) is 0 Å². The number of rotatable bonds is 3. The number of ether oxygens (including phenoxy) is 1. The molecule has 5 nitrogen and oxygen atoms in total. The van der Waals surface area contributed by atoms with Gasteiger partial charge in [-0.05, 0) is 18.2 Å². The molecule has 3 aromatic rings. The lowest BCUT2D eigenvalue weighted by Gasteiger charge is -2.04. The van der Waals surface area contributed by atoms with Gasteiger partial charge in [0.2, 0.25) is 5.95 Å². The molecule has 2 aromatic heterocycles. The minimum absolute atomic E-state index is 0.486. The lowest BCUT2D eigenvalue weighted by Crippen LogP contribution is -2.03. The zero-order valence-electron chi connectivity index (χ0n) is 9.96. The van der Waals surface area contributed by atoms with Crippen molar-refractivity contribution in [2.45, 2.75) is 6.54 Å². The van der Waals surface area contributed by atoms with Crippen molar-refractivity contribution in [3.8, 4) is 5.75 Å². The predicted molar refractivity (Wildman–Crippen MR) is 68.5 cm³/mol. The predicted octanol–water partition coefficient (Wildman–Crippen LogP) is 2.27. The summed E-state index contributed by atoms with van der Waals surface area (Å²) < 4.78 is 12.2. The maximum absolute atomic E-state index is 5.94. The maximum atomic E-state index is 5.94. The summed E-state index contributed by atoms with van der Waals surface area (Å²) in [5.74, 6) is 1.26. The number of nitrogens with two attached hydrogens (primary N) is 1. The molecule has 0 bridgehead atoms. The van der Waals surface area contributed by atoms with E-state index in [4.69, 9.17) is 14.9 Å². The molecule has 0 unspecified atom stereocenters. The fourth-order valence-corrected chi connectivity index (χ4v) is 1.99. The molecular formula is C13H13N3O2. The molecule has 2 heterocycles. The van der Waals surface area contributed by atoms with Gasteiger partial charge in [-0.2, -0.15) is 0 Å². The summed E-state index contributed by atoms with van der Waals surface area (Å²) in [6.07, 6.45) is 3.35. The molecule has 0 spiro atoms. The number of nitrogens with zero attached hydrogens (tertiary/aromatic N) is 2. The molecule has 1 aromatic carbocycles. The van der Waals surface area contributed by atoms with E-state index in [-0.39, 0.29) is 0 Å². The van der Waals surface area contributed by atoms with Crippen molar-refractivity contribution in [3.63, 3.8) is 0 Å². The summed E-state index contributed by atoms with van der Waals surface area (Å²) in [5, 5.41) is 0. The van der Waals surface area contributed by atoms with Crippen LogP contribution in [0.25, 0.3) is 11.0 Å². The van der Waals surface area contributed by atoms with Crippen molar-refractivity contribution in [1.82, 2.24) is 9.55 Å². The van der Waals surface area contributed by atoms with Gasteiger partial charge in [-0.25, -0.2) is 4.98 Å². The van der Waals surface area contributed by atoms with E-state index in [0.29, 0.717) is 12.5 Å². The smallest absolute Gasteiger partial charge is 0.201 e. The molecule has 0 atom stereocenters. The molecule has 0 aliphatic carbocycles. The average molecular weight is 243 g/mol. The van der Waals surface area contributed by atoms with Crippen LogP contribution in [0.5, 0.6) is 5.75 Å². The van der Waals surface area contributed by atoms with Crippen LogP contribution in [-0.2, 0) is 6.54 Å². The minimum atomic E-state index is 0.486. The summed E-state index contributed by atoms with van der Waals surface area (Å²) >= 11 is 0. The standard InChI is InChI=1S/C13H13N3O2/c1-17-10-2-3-12-11(6-10)15-13(14)16(12)7-9-4-5-18-8-9/h2-6,8H,7H2,1H3,(H2,14,15). The Hall–Kier alpha value is -2.43. The second-order valence-corrected chi connectivity index (χ2v) is 4.04. The molecular weight excluding hydrogens is 230 g/mol. The molecule has 18 heavy (non-hydrogen) atoms. The Morgan fingerprint density at radius 1 is 1.39 bits per heavy atom. The first kappa shape index (κ1) is 10.7. The van der Waals surface area contributed by atoms with Crippen molar-refractivity contribution in [3.05, 3.63) is 42.4 Å². The molecule has 5 heteroatoms. The number of hydrogen-bond acceptors (Lipinski definition) is 4. The Bertz CT molecular complexity index is 671. The second-order valence-electron chi connectivity index (χ2n) is 4.04. The minimum Gasteiger partial charge on any atom is -0.497 e. The van der Waals surface area contributed by atoms with Gasteiger partial charge in [0.15, 0.2) is 0 Å². The average Bonchev–Trinajstić information content (AvgIpc) is 2.98. The Morgan fingerprint density at radius 2 is 2.28 bits per heavy atom. The highest BCUT2D eigenvalue weighted by Crippen LogP contribution is 2.23. The van der Waals surface area contributed by atoms with Crippen LogP contribution in [0.1, 0.15) is 5.56 Å². The molecule has 0 radical (unpaired) electrons. The quantitative estimate of drug-likeness (QED) is 0.766. The Labute approximate surface area is 104 Å². The highest BCUT2D eigenvalue weighted by Gasteiger charge is 2.09. The zero-order valence-corrected chi connectivity index (χ0v) is 9.96. The number of benzene rings is 1. The third-order valence-electron chi connectivity index (χ3n) is 2.91. The van der Waals surface area contributed by atoms with E-state index in [2.05, 4.69) is 4.98 Å². The first-order valence-corrected chi connectivity index (χ1v) is 5.59. The van der Waals surface area contributed by atoms with Gasteiger partial charge in [0, 0.05) is 11.6 Å². The zero-order chi connectivity index (χ0) is 12.5. The number of methoxy groups -OCH3 is 1. The molecule has 0 fully saturated rings. The van der Waals surface area contributed by atoms with Crippen LogP contribution in [0.15, 0.2) is 41.2 Å². The van der Waals surface area contributed by atoms with Gasteiger partial charge < -0.3 is 19.5 Å². The lowest BCUT2D eigenvalue weighted by molar-refractivity contribution is 0.415. The fourth-order valence-electron chi connectivity index (χ4n) is 1.99. The summed E-state index contributed by atoms with van der Waals surface area (Å²) in [6, 6.07) is 7.64. The maximum Gasteiger partial charge on any atom is 0.201 e. The van der Waals surface area contributed by atoms with Crippen molar-refractivity contribution in [2.75, 3.05) is 12.8 Å². The number of hydrogen-bond donors (Lipinski definition) is 1. The highest BCUT2D eigenvalue weighted by molar-refractivity contribution is 5.80. The van der Waals surface area contributed by atoms with E-state index < -0.39 is 0 Å². The number of imidazole rings is 1. The Kier molecular flexibility index (Phi) is 2.44. The summed E-state index contributed by atoms with van der Waals surface area (Å²) in [6.45, 7) is 0.644. The third kappa shape index (κ3) is 1.69. The number of fused-ring (bicyclic) bond motifs is 1. The molecule has 92 valence electrons. The number of aromatic nitrogens is 2. The van der Waals surface area contributed by atoms with Crippen LogP contribution in [-0.4, -0.2) is 16.7 Å². The van der Waals surface area contributed by atoms with E-state index in [1.54, 1.807) is 19.6 Å². The summed E-state index contributed by atoms with van der Waals surface area (Å²) in [5.41, 5.74) is 8.80. The van der Waals surface area contributed by atoms with Gasteiger partial charge >= 0.3 is 0 Å². The highest BCUT2D eigenvalue weighted by atomic mass is 16.5. The van der Waals surface area contributed by atoms with E-state index in [0.717, 1.165) is 22.3 Å². The largest absolute Gasteiger partial charge is 0.497 e. The molecule has 0 amide bonds. The summed E-state index contributed by atoms with van der Waals surface area (Å²) in [7, 11) is 1.63. The van der Waals surface area contributed by atoms with E-state index in [9.17, 15) is 0 Å². The number of furan rings is 1.